The van der Waals surface area contributed by atoms with E-state index in [4.69, 9.17) is 9.98 Å². The van der Waals surface area contributed by atoms with Crippen LogP contribution in [0, 0.1) is 26.0 Å². The third-order valence-corrected chi connectivity index (χ3v) is 16.2. The smallest absolute Gasteiger partial charge is 0.357 e. The molecule has 6 heteroatoms. The molecule has 12 rings (SSSR count). The van der Waals surface area contributed by atoms with Crippen molar-refractivity contribution in [2.45, 2.75) is 104 Å². The molecule has 0 N–H and O–H groups in total. The maximum atomic E-state index is 5.97. The van der Waals surface area contributed by atoms with Crippen molar-refractivity contribution in [3.8, 4) is 22.5 Å². The zero-order valence-electron chi connectivity index (χ0n) is 45.5. The van der Waals surface area contributed by atoms with Gasteiger partial charge in [0.1, 0.15) is 5.65 Å². The standard InChI is InChI=1S/C70H65N5.Pt/c1-45-29-33-61-59(38-45)57-32-31-54(74-62-34-30-50(47-22-15-12-16-23-47)40-60(62)58-28-21-35-71-66(58)74)44-63(57)73(61)55-37-46(2)36-51(39-55)65-72-69(9,10)70(11,64(48-24-17-13-18-25-48)49-26-19-14-20-27-49)75(65)56-42-52(67(3,4)5)41-53(43-56)68(6,7)8;/h12-38,40-43,64H,1-11H3;/q-2;+2/t70-;/m0./s1. The van der Waals surface area contributed by atoms with Crippen molar-refractivity contribution in [1.82, 2.24) is 14.1 Å². The molecule has 1 atom stereocenters. The molecule has 0 bridgehead atoms. The Balaban J connectivity index is 0.00000616. The van der Waals surface area contributed by atoms with Crippen molar-refractivity contribution in [2.24, 2.45) is 4.99 Å². The van der Waals surface area contributed by atoms with Gasteiger partial charge in [0.05, 0.1) is 22.4 Å². The van der Waals surface area contributed by atoms with Crippen LogP contribution >= 0.6 is 0 Å². The van der Waals surface area contributed by atoms with Gasteiger partial charge in [-0.15, -0.1) is 46.8 Å². The molecule has 11 aromatic rings. The number of benzene rings is 8. The summed E-state index contributed by atoms with van der Waals surface area (Å²) in [4.78, 5) is 13.6. The van der Waals surface area contributed by atoms with Crippen LogP contribution in [0.15, 0.2) is 193 Å². The molecule has 1 aliphatic heterocycles. The van der Waals surface area contributed by atoms with Gasteiger partial charge in [0.2, 0.25) is 0 Å². The van der Waals surface area contributed by atoms with Gasteiger partial charge < -0.3 is 19.0 Å². The van der Waals surface area contributed by atoms with E-state index in [0.29, 0.717) is 0 Å². The van der Waals surface area contributed by atoms with Crippen LogP contribution in [0.5, 0.6) is 0 Å². The molecule has 0 saturated carbocycles. The largest absolute Gasteiger partial charge is 2.00 e. The van der Waals surface area contributed by atoms with E-state index in [0.717, 1.165) is 72.4 Å². The molecule has 0 unspecified atom stereocenters. The summed E-state index contributed by atoms with van der Waals surface area (Å²) in [5, 5.41) is 4.56. The second kappa shape index (κ2) is 18.7. The predicted molar refractivity (Wildman–Crippen MR) is 316 cm³/mol. The summed E-state index contributed by atoms with van der Waals surface area (Å²) in [6.45, 7) is 25.5. The van der Waals surface area contributed by atoms with Crippen LogP contribution in [0.4, 0.5) is 5.69 Å². The van der Waals surface area contributed by atoms with Crippen molar-refractivity contribution < 1.29 is 21.1 Å². The van der Waals surface area contributed by atoms with Crippen LogP contribution in [-0.2, 0) is 31.9 Å². The minimum atomic E-state index is -0.611. The molecule has 380 valence electrons. The Kier molecular flexibility index (Phi) is 12.5. The summed E-state index contributed by atoms with van der Waals surface area (Å²) in [6.07, 6.45) is 1.89. The first kappa shape index (κ1) is 50.8. The summed E-state index contributed by atoms with van der Waals surface area (Å²) in [5.74, 6) is 0.841. The molecule has 0 aliphatic carbocycles. The number of rotatable bonds is 8. The number of aryl methyl sites for hydroxylation is 2. The van der Waals surface area contributed by atoms with Gasteiger partial charge in [-0.2, -0.15) is 6.07 Å². The number of nitrogens with zero attached hydrogens (tertiary/aromatic N) is 5. The van der Waals surface area contributed by atoms with Crippen LogP contribution in [-0.4, -0.2) is 31.0 Å². The fourth-order valence-electron chi connectivity index (χ4n) is 12.0. The van der Waals surface area contributed by atoms with Gasteiger partial charge in [-0.3, -0.25) is 0 Å². The van der Waals surface area contributed by atoms with Crippen LogP contribution in [0.1, 0.15) is 107 Å². The molecule has 0 spiro atoms. The summed E-state index contributed by atoms with van der Waals surface area (Å²) in [7, 11) is 0. The minimum absolute atomic E-state index is 0. The van der Waals surface area contributed by atoms with Crippen LogP contribution in [0.2, 0.25) is 0 Å². The summed E-state index contributed by atoms with van der Waals surface area (Å²) in [5.41, 5.74) is 16.3. The van der Waals surface area contributed by atoms with Crippen molar-refractivity contribution in [2.75, 3.05) is 4.90 Å². The van der Waals surface area contributed by atoms with E-state index in [1.807, 2.05) is 12.3 Å². The Morgan fingerprint density at radius 1 is 0.500 bits per heavy atom. The maximum Gasteiger partial charge on any atom is 2.00 e. The van der Waals surface area contributed by atoms with Crippen molar-refractivity contribution in [3.05, 3.63) is 239 Å². The number of aliphatic imine (C=N–C) groups is 1. The van der Waals surface area contributed by atoms with E-state index < -0.39 is 11.1 Å². The number of aromatic nitrogens is 3. The van der Waals surface area contributed by atoms with Crippen LogP contribution in [0.3, 0.4) is 0 Å². The first-order valence-electron chi connectivity index (χ1n) is 26.5. The predicted octanol–water partition coefficient (Wildman–Crippen LogP) is 17.4. The zero-order chi connectivity index (χ0) is 52.2. The van der Waals surface area contributed by atoms with Crippen molar-refractivity contribution >= 4 is 55.3 Å². The van der Waals surface area contributed by atoms with E-state index in [2.05, 4.69) is 278 Å². The van der Waals surface area contributed by atoms with Gasteiger partial charge in [-0.05, 0) is 125 Å². The molecule has 1 aliphatic rings. The molecule has 4 heterocycles. The molecule has 0 amide bonds. The number of fused-ring (bicyclic) bond motifs is 6. The number of hydrogen-bond donors (Lipinski definition) is 0. The van der Waals surface area contributed by atoms with Gasteiger partial charge in [-0.25, -0.2) is 4.98 Å². The quantitative estimate of drug-likeness (QED) is 0.142. The van der Waals surface area contributed by atoms with E-state index in [-0.39, 0.29) is 37.8 Å². The fraction of sp³-hybridized carbons (Fsp3) is 0.229. The Bertz CT molecular complexity index is 3970. The molecule has 76 heavy (non-hydrogen) atoms. The van der Waals surface area contributed by atoms with Crippen LogP contribution in [0.25, 0.3) is 66.2 Å². The number of anilines is 1. The Morgan fingerprint density at radius 2 is 1.11 bits per heavy atom. The minimum Gasteiger partial charge on any atom is -0.357 e. The molecule has 8 aromatic carbocycles. The number of amidine groups is 1. The van der Waals surface area contributed by atoms with Gasteiger partial charge in [0, 0.05) is 34.1 Å². The molecule has 3 aromatic heterocycles. The van der Waals surface area contributed by atoms with E-state index in [1.165, 1.54) is 44.3 Å². The monoisotopic (exact) mass is 1170 g/mol. The van der Waals surface area contributed by atoms with Crippen molar-refractivity contribution in [3.63, 3.8) is 0 Å². The summed E-state index contributed by atoms with van der Waals surface area (Å²) < 4.78 is 4.65. The van der Waals surface area contributed by atoms with Gasteiger partial charge >= 0.3 is 21.1 Å². The molecule has 0 radical (unpaired) electrons. The van der Waals surface area contributed by atoms with Gasteiger partial charge in [-0.1, -0.05) is 180 Å². The zero-order valence-corrected chi connectivity index (χ0v) is 47.8. The molecule has 0 saturated heterocycles. The summed E-state index contributed by atoms with van der Waals surface area (Å²) >= 11 is 0. The second-order valence-corrected chi connectivity index (χ2v) is 23.7. The van der Waals surface area contributed by atoms with E-state index >= 15 is 0 Å². The third-order valence-electron chi connectivity index (χ3n) is 16.2. The maximum absolute atomic E-state index is 5.97. The topological polar surface area (TPSA) is 38.4 Å². The third kappa shape index (κ3) is 8.43. The van der Waals surface area contributed by atoms with Crippen molar-refractivity contribution in [1.29, 1.82) is 0 Å². The average molecular weight is 1170 g/mol. The number of hydrogen-bond acceptors (Lipinski definition) is 3. The molecular formula is C70H65N5Pt. The first-order chi connectivity index (χ1) is 35.9. The Labute approximate surface area is 463 Å². The van der Waals surface area contributed by atoms with Gasteiger partial charge in [0.15, 0.2) is 0 Å². The Hall–Kier alpha value is -7.33. The fourth-order valence-corrected chi connectivity index (χ4v) is 12.0. The average Bonchev–Trinajstić information content (AvgIpc) is 4.18. The second-order valence-electron chi connectivity index (χ2n) is 23.7. The molecular weight excluding hydrogens is 1110 g/mol. The molecule has 0 fully saturated rings. The SMILES string of the molecule is Cc1cc(C2=NC(C)(C)[C@](C)(C(c3ccccc3)c3ccccc3)N2c2cc(C(C)(C)C)cc(C(C)(C)C)c2)[c-]c(-n2c3[c-]c(-n4c5ccc(-c6ccccc6)cc5c5cccnc54)ccc3c3cc(C)ccc32)c1.[Pt+2]. The van der Waals surface area contributed by atoms with E-state index in [1.54, 1.807) is 0 Å². The molecule has 5 nitrogen and oxygen atoms in total. The first-order valence-corrected chi connectivity index (χ1v) is 26.5. The van der Waals surface area contributed by atoms with Crippen LogP contribution < -0.4 is 4.90 Å². The normalized spacial score (nSPS) is 15.8. The van der Waals surface area contributed by atoms with E-state index in [9.17, 15) is 0 Å². The Morgan fingerprint density at radius 3 is 1.75 bits per heavy atom. The summed E-state index contributed by atoms with van der Waals surface area (Å²) in [6, 6.07) is 75.0. The number of pyridine rings is 1. The van der Waals surface area contributed by atoms with Gasteiger partial charge in [0.25, 0.3) is 0 Å².